The highest BCUT2D eigenvalue weighted by molar-refractivity contribution is 7.89. The van der Waals surface area contributed by atoms with Gasteiger partial charge in [-0.1, -0.05) is 0 Å². The van der Waals surface area contributed by atoms with Crippen molar-refractivity contribution in [2.24, 2.45) is 0 Å². The molecule has 7 heteroatoms. The van der Waals surface area contributed by atoms with E-state index in [4.69, 9.17) is 0 Å². The summed E-state index contributed by atoms with van der Waals surface area (Å²) in [5.41, 5.74) is 0. The number of hydrogen-bond donors (Lipinski definition) is 1. The van der Waals surface area contributed by atoms with Gasteiger partial charge in [0, 0.05) is 13.1 Å². The maximum absolute atomic E-state index is 11.6. The third kappa shape index (κ3) is 3.44. The summed E-state index contributed by atoms with van der Waals surface area (Å²) in [6, 6.07) is 0. The summed E-state index contributed by atoms with van der Waals surface area (Å²) >= 11 is 0. The molecule has 0 aromatic rings. The minimum absolute atomic E-state index is 0.0712. The Morgan fingerprint density at radius 2 is 2.27 bits per heavy atom. The van der Waals surface area contributed by atoms with Gasteiger partial charge >= 0.3 is 5.97 Å². The largest absolute Gasteiger partial charge is 0.465 e. The van der Waals surface area contributed by atoms with E-state index in [-0.39, 0.29) is 19.7 Å². The van der Waals surface area contributed by atoms with Crippen LogP contribution in [0.15, 0.2) is 0 Å². The van der Waals surface area contributed by atoms with Crippen LogP contribution in [0.4, 0.5) is 0 Å². The smallest absolute Gasteiger partial charge is 0.322 e. The van der Waals surface area contributed by atoms with Gasteiger partial charge < -0.3 is 9.84 Å². The van der Waals surface area contributed by atoms with Crippen LogP contribution in [0.1, 0.15) is 13.3 Å². The zero-order valence-electron chi connectivity index (χ0n) is 8.55. The summed E-state index contributed by atoms with van der Waals surface area (Å²) in [4.78, 5) is 11.0. The van der Waals surface area contributed by atoms with E-state index in [9.17, 15) is 18.3 Å². The van der Waals surface area contributed by atoms with Gasteiger partial charge in [-0.25, -0.2) is 8.42 Å². The number of nitrogens with zero attached hydrogens (tertiary/aromatic N) is 1. The molecule has 1 fully saturated rings. The van der Waals surface area contributed by atoms with Crippen molar-refractivity contribution in [3.05, 3.63) is 0 Å². The molecule has 0 saturated carbocycles. The molecule has 0 radical (unpaired) electrons. The normalized spacial score (nSPS) is 22.9. The van der Waals surface area contributed by atoms with E-state index < -0.39 is 27.8 Å². The van der Waals surface area contributed by atoms with Crippen LogP contribution in [-0.2, 0) is 19.6 Å². The van der Waals surface area contributed by atoms with Gasteiger partial charge in [0.15, 0.2) is 5.75 Å². The quantitative estimate of drug-likeness (QED) is 0.630. The van der Waals surface area contributed by atoms with Crippen LogP contribution in [0, 0.1) is 0 Å². The Kier molecular flexibility index (Phi) is 4.06. The molecule has 0 unspecified atom stereocenters. The van der Waals surface area contributed by atoms with Crippen LogP contribution in [0.5, 0.6) is 0 Å². The highest BCUT2D eigenvalue weighted by Gasteiger charge is 2.32. The van der Waals surface area contributed by atoms with E-state index in [1.54, 1.807) is 6.92 Å². The Balaban J connectivity index is 2.56. The molecule has 0 aromatic carbocycles. The number of carbonyl (C=O) groups is 1. The monoisotopic (exact) mass is 237 g/mol. The molecular weight excluding hydrogens is 222 g/mol. The lowest BCUT2D eigenvalue weighted by molar-refractivity contribution is -0.140. The minimum atomic E-state index is -3.62. The molecule has 15 heavy (non-hydrogen) atoms. The molecule has 1 aliphatic rings. The average molecular weight is 237 g/mol. The fraction of sp³-hybridized carbons (Fsp3) is 0.875. The van der Waals surface area contributed by atoms with Gasteiger partial charge in [-0.05, 0) is 13.3 Å². The molecule has 88 valence electrons. The van der Waals surface area contributed by atoms with Crippen molar-refractivity contribution in [1.82, 2.24) is 4.31 Å². The van der Waals surface area contributed by atoms with Crippen molar-refractivity contribution < 1.29 is 23.1 Å². The molecule has 0 amide bonds. The first-order valence-corrected chi connectivity index (χ1v) is 6.38. The van der Waals surface area contributed by atoms with Gasteiger partial charge in [-0.2, -0.15) is 4.31 Å². The van der Waals surface area contributed by atoms with Gasteiger partial charge in [0.05, 0.1) is 12.7 Å². The van der Waals surface area contributed by atoms with Crippen molar-refractivity contribution in [2.45, 2.75) is 19.4 Å². The van der Waals surface area contributed by atoms with Crippen molar-refractivity contribution in [1.29, 1.82) is 0 Å². The van der Waals surface area contributed by atoms with E-state index in [1.807, 2.05) is 0 Å². The van der Waals surface area contributed by atoms with Crippen molar-refractivity contribution in [3.63, 3.8) is 0 Å². The summed E-state index contributed by atoms with van der Waals surface area (Å²) in [6.07, 6.45) is -0.204. The van der Waals surface area contributed by atoms with Gasteiger partial charge in [-0.15, -0.1) is 0 Å². The Hall–Kier alpha value is -0.660. The lowest BCUT2D eigenvalue weighted by Crippen LogP contribution is -2.35. The minimum Gasteiger partial charge on any atom is -0.465 e. The molecule has 1 aliphatic heterocycles. The fourth-order valence-corrected chi connectivity index (χ4v) is 2.75. The van der Waals surface area contributed by atoms with Gasteiger partial charge in [0.25, 0.3) is 0 Å². The first-order valence-electron chi connectivity index (χ1n) is 4.77. The number of carbonyl (C=O) groups excluding carboxylic acids is 1. The van der Waals surface area contributed by atoms with Gasteiger partial charge in [-0.3, -0.25) is 4.79 Å². The third-order valence-electron chi connectivity index (χ3n) is 2.13. The number of ether oxygens (including phenoxy) is 1. The average Bonchev–Trinajstić information content (AvgIpc) is 2.51. The zero-order valence-corrected chi connectivity index (χ0v) is 9.37. The summed E-state index contributed by atoms with van der Waals surface area (Å²) in [5, 5.41) is 9.18. The van der Waals surface area contributed by atoms with E-state index >= 15 is 0 Å². The molecular formula is C8H15NO5S. The fourth-order valence-electron chi connectivity index (χ4n) is 1.41. The van der Waals surface area contributed by atoms with E-state index in [1.165, 1.54) is 0 Å². The van der Waals surface area contributed by atoms with Crippen molar-refractivity contribution >= 4 is 16.0 Å². The van der Waals surface area contributed by atoms with E-state index in [0.717, 1.165) is 4.31 Å². The second-order valence-electron chi connectivity index (χ2n) is 3.36. The zero-order chi connectivity index (χ0) is 11.5. The van der Waals surface area contributed by atoms with Crippen LogP contribution >= 0.6 is 0 Å². The SMILES string of the molecule is CCOC(=O)CS(=O)(=O)N1CC[C@@H](O)C1. The molecule has 0 aliphatic carbocycles. The molecule has 1 N–H and O–H groups in total. The van der Waals surface area contributed by atoms with Crippen LogP contribution < -0.4 is 0 Å². The number of aliphatic hydroxyl groups excluding tert-OH is 1. The first kappa shape index (κ1) is 12.4. The standard InChI is InChI=1S/C8H15NO5S/c1-2-14-8(11)6-15(12,13)9-4-3-7(10)5-9/h7,10H,2-6H2,1H3/t7-/m1/s1. The summed E-state index contributed by atoms with van der Waals surface area (Å²) in [6.45, 7) is 2.12. The molecule has 1 atom stereocenters. The highest BCUT2D eigenvalue weighted by atomic mass is 32.2. The molecule has 6 nitrogen and oxygen atoms in total. The Morgan fingerprint density at radius 1 is 1.60 bits per heavy atom. The molecule has 1 saturated heterocycles. The predicted molar refractivity (Wildman–Crippen MR) is 52.6 cm³/mol. The number of rotatable bonds is 4. The Morgan fingerprint density at radius 3 is 2.73 bits per heavy atom. The maximum atomic E-state index is 11.6. The number of β-amino-alcohol motifs (C(OH)–C–C–N with tert-alkyl or cyclic N) is 1. The van der Waals surface area contributed by atoms with E-state index in [2.05, 4.69) is 4.74 Å². The second-order valence-corrected chi connectivity index (χ2v) is 5.33. The predicted octanol–water partition coefficient (Wildman–Crippen LogP) is -1.05. The van der Waals surface area contributed by atoms with Gasteiger partial charge in [0.1, 0.15) is 0 Å². The van der Waals surface area contributed by atoms with Gasteiger partial charge in [0.2, 0.25) is 10.0 Å². The topological polar surface area (TPSA) is 83.9 Å². The van der Waals surface area contributed by atoms with Crippen LogP contribution in [0.2, 0.25) is 0 Å². The van der Waals surface area contributed by atoms with Crippen molar-refractivity contribution in [2.75, 3.05) is 25.4 Å². The summed E-state index contributed by atoms with van der Waals surface area (Å²) < 4.78 is 28.8. The number of esters is 1. The summed E-state index contributed by atoms with van der Waals surface area (Å²) in [5.74, 6) is -1.40. The molecule has 1 heterocycles. The third-order valence-corrected chi connectivity index (χ3v) is 3.84. The van der Waals surface area contributed by atoms with Crippen molar-refractivity contribution in [3.8, 4) is 0 Å². The second kappa shape index (κ2) is 4.91. The first-order chi connectivity index (χ1) is 6.95. The molecule has 0 aromatic heterocycles. The van der Waals surface area contributed by atoms with Crippen LogP contribution in [-0.4, -0.2) is 55.4 Å². The molecule has 0 spiro atoms. The Bertz CT molecular complexity index is 326. The van der Waals surface area contributed by atoms with Crippen LogP contribution in [0.25, 0.3) is 0 Å². The lowest BCUT2D eigenvalue weighted by atomic mass is 10.3. The maximum Gasteiger partial charge on any atom is 0.322 e. The number of hydrogen-bond acceptors (Lipinski definition) is 5. The molecule has 1 rings (SSSR count). The van der Waals surface area contributed by atoms with E-state index in [0.29, 0.717) is 6.42 Å². The van der Waals surface area contributed by atoms with Crippen LogP contribution in [0.3, 0.4) is 0 Å². The number of sulfonamides is 1. The number of aliphatic hydroxyl groups is 1. The Labute approximate surface area is 88.9 Å². The summed E-state index contributed by atoms with van der Waals surface area (Å²) in [7, 11) is -3.62. The molecule has 0 bridgehead atoms. The lowest BCUT2D eigenvalue weighted by Gasteiger charge is -2.14. The highest BCUT2D eigenvalue weighted by Crippen LogP contribution is 2.13.